The van der Waals surface area contributed by atoms with Crippen molar-refractivity contribution in [3.8, 4) is 0 Å². The minimum absolute atomic E-state index is 0.111. The van der Waals surface area contributed by atoms with Crippen molar-refractivity contribution in [1.82, 2.24) is 0 Å². The molecule has 0 saturated heterocycles. The highest BCUT2D eigenvalue weighted by Crippen LogP contribution is 2.17. The Balaban J connectivity index is 0.000000263. The fraction of sp³-hybridized carbons (Fsp3) is 0.0769. The van der Waals surface area contributed by atoms with Crippen LogP contribution in [0.5, 0.6) is 0 Å². The first-order valence-corrected chi connectivity index (χ1v) is 11.4. The van der Waals surface area contributed by atoms with E-state index in [9.17, 15) is 25.3 Å². The molecule has 0 aliphatic carbocycles. The number of hydrogen-bond acceptors (Lipinski definition) is 7. The molecule has 0 amide bonds. The summed E-state index contributed by atoms with van der Waals surface area (Å²) in [6, 6.07) is 11.0. The Kier molecular flexibility index (Phi) is 7.01. The van der Waals surface area contributed by atoms with Crippen LogP contribution in [0.15, 0.2) is 63.2 Å². The van der Waals surface area contributed by atoms with Crippen LogP contribution in [-0.4, -0.2) is 25.3 Å². The van der Waals surface area contributed by atoms with Gasteiger partial charge in [0.1, 0.15) is 9.79 Å². The number of hydrogen-bond donors (Lipinski definition) is 4. The molecule has 13 heteroatoms. The van der Waals surface area contributed by atoms with Gasteiger partial charge in [0.05, 0.1) is 4.90 Å². The Hall–Kier alpha value is -1.87. The van der Waals surface area contributed by atoms with Crippen LogP contribution in [0.4, 0.5) is 0 Å². The second-order valence-corrected chi connectivity index (χ2v) is 9.55. The van der Waals surface area contributed by atoms with Gasteiger partial charge in [0.25, 0.3) is 0 Å². The number of sulfonamides is 3. The van der Waals surface area contributed by atoms with Crippen LogP contribution in [0.1, 0.15) is 5.56 Å². The average Bonchev–Trinajstić information content (AvgIpc) is 2.53. The maximum atomic E-state index is 11.0. The summed E-state index contributed by atoms with van der Waals surface area (Å²) in [7, 11) is -11.7. The Labute approximate surface area is 152 Å². The Morgan fingerprint density at radius 3 is 1.27 bits per heavy atom. The van der Waals surface area contributed by atoms with E-state index in [1.807, 2.05) is 0 Å². The summed E-state index contributed by atoms with van der Waals surface area (Å²) in [6.07, 6.45) is 0. The molecular weight excluding hydrogens is 404 g/mol. The zero-order valence-electron chi connectivity index (χ0n) is 13.3. The van der Waals surface area contributed by atoms with Crippen molar-refractivity contribution < 1.29 is 25.3 Å². The molecule has 2 aromatic rings. The lowest BCUT2D eigenvalue weighted by Gasteiger charge is -2.03. The third-order valence-electron chi connectivity index (χ3n) is 2.95. The van der Waals surface area contributed by atoms with Gasteiger partial charge in [-0.2, -0.15) is 0 Å². The van der Waals surface area contributed by atoms with Crippen molar-refractivity contribution in [2.75, 3.05) is 0 Å². The zero-order valence-corrected chi connectivity index (χ0v) is 15.8. The van der Waals surface area contributed by atoms with Crippen LogP contribution in [0, 0.1) is 0 Å². The van der Waals surface area contributed by atoms with Gasteiger partial charge in [-0.05, 0) is 29.8 Å². The molecular formula is C13H18N4O6S3. The highest BCUT2D eigenvalue weighted by molar-refractivity contribution is 7.92. The molecule has 144 valence electrons. The number of primary sulfonamides is 3. The minimum atomic E-state index is -4.08. The lowest BCUT2D eigenvalue weighted by Crippen LogP contribution is -2.20. The Morgan fingerprint density at radius 2 is 1.00 bits per heavy atom. The van der Waals surface area contributed by atoms with Gasteiger partial charge in [-0.15, -0.1) is 0 Å². The summed E-state index contributed by atoms with van der Waals surface area (Å²) in [5.41, 5.74) is 6.21. The molecule has 8 N–H and O–H groups in total. The first kappa shape index (κ1) is 22.2. The SMILES string of the molecule is NCc1ccc(S(N)(=O)=O)cc1.NS(=O)(=O)c1ccccc1S(N)(=O)=O. The maximum absolute atomic E-state index is 11.0. The van der Waals surface area contributed by atoms with Crippen LogP contribution in [0.25, 0.3) is 0 Å². The molecule has 0 aliphatic rings. The van der Waals surface area contributed by atoms with Crippen LogP contribution in [0.2, 0.25) is 0 Å². The minimum Gasteiger partial charge on any atom is -0.326 e. The van der Waals surface area contributed by atoms with E-state index in [4.69, 9.17) is 21.2 Å². The Morgan fingerprint density at radius 1 is 0.615 bits per heavy atom. The van der Waals surface area contributed by atoms with Crippen molar-refractivity contribution in [3.05, 3.63) is 54.1 Å². The van der Waals surface area contributed by atoms with Crippen molar-refractivity contribution in [1.29, 1.82) is 0 Å². The van der Waals surface area contributed by atoms with E-state index in [1.54, 1.807) is 12.1 Å². The van der Waals surface area contributed by atoms with Gasteiger partial charge in [0.2, 0.25) is 30.1 Å². The van der Waals surface area contributed by atoms with Gasteiger partial charge >= 0.3 is 0 Å². The summed E-state index contributed by atoms with van der Waals surface area (Å²) in [5.74, 6) is 0. The topological polar surface area (TPSA) is 206 Å². The van der Waals surface area contributed by atoms with E-state index < -0.39 is 39.9 Å². The van der Waals surface area contributed by atoms with E-state index in [1.165, 1.54) is 24.3 Å². The molecule has 10 nitrogen and oxygen atoms in total. The highest BCUT2D eigenvalue weighted by atomic mass is 32.2. The van der Waals surface area contributed by atoms with Gasteiger partial charge in [-0.1, -0.05) is 24.3 Å². The first-order chi connectivity index (χ1) is 11.8. The van der Waals surface area contributed by atoms with Crippen molar-refractivity contribution in [2.45, 2.75) is 21.2 Å². The van der Waals surface area contributed by atoms with Gasteiger partial charge in [-0.25, -0.2) is 40.7 Å². The van der Waals surface area contributed by atoms with E-state index in [0.29, 0.717) is 6.54 Å². The summed E-state index contributed by atoms with van der Waals surface area (Å²) in [6.45, 7) is 0.394. The molecule has 0 aliphatic heterocycles. The summed E-state index contributed by atoms with van der Waals surface area (Å²) in [4.78, 5) is -0.885. The summed E-state index contributed by atoms with van der Waals surface area (Å²) in [5, 5.41) is 14.5. The molecule has 0 spiro atoms. The predicted molar refractivity (Wildman–Crippen MR) is 94.9 cm³/mol. The average molecular weight is 423 g/mol. The van der Waals surface area contributed by atoms with Gasteiger partial charge < -0.3 is 5.73 Å². The molecule has 0 unspecified atom stereocenters. The summed E-state index contributed by atoms with van der Waals surface area (Å²) >= 11 is 0. The standard InChI is InChI=1S/C7H10N2O2S.C6H8N2O4S2/c8-5-6-1-3-7(4-2-6)12(9,10)11;7-13(9,10)5-3-1-2-4-6(5)14(8,11)12/h1-4H,5,8H2,(H2,9,10,11);1-4H,(H2,7,9,10)(H2,8,11,12). The number of benzene rings is 2. The van der Waals surface area contributed by atoms with Gasteiger partial charge in [0.15, 0.2) is 0 Å². The van der Waals surface area contributed by atoms with Crippen LogP contribution >= 0.6 is 0 Å². The molecule has 0 bridgehead atoms. The molecule has 0 aromatic heterocycles. The monoisotopic (exact) mass is 422 g/mol. The number of rotatable bonds is 4. The molecule has 26 heavy (non-hydrogen) atoms. The molecule has 0 saturated carbocycles. The Bertz CT molecular complexity index is 1030. The predicted octanol–water partition coefficient (Wildman–Crippen LogP) is -1.23. The van der Waals surface area contributed by atoms with E-state index >= 15 is 0 Å². The molecule has 0 atom stereocenters. The molecule has 0 fully saturated rings. The van der Waals surface area contributed by atoms with Crippen LogP contribution in [0.3, 0.4) is 0 Å². The van der Waals surface area contributed by atoms with E-state index in [0.717, 1.165) is 17.7 Å². The fourth-order valence-corrected chi connectivity index (χ4v) is 4.18. The van der Waals surface area contributed by atoms with Gasteiger partial charge in [0, 0.05) is 6.54 Å². The van der Waals surface area contributed by atoms with Crippen molar-refractivity contribution in [3.63, 3.8) is 0 Å². The second kappa shape index (κ2) is 8.22. The fourth-order valence-electron chi connectivity index (χ4n) is 1.74. The quantitative estimate of drug-likeness (QED) is 0.471. The smallest absolute Gasteiger partial charge is 0.239 e. The third kappa shape index (κ3) is 6.45. The van der Waals surface area contributed by atoms with Crippen LogP contribution in [-0.2, 0) is 36.6 Å². The zero-order chi connectivity index (χ0) is 20.2. The molecule has 2 aromatic carbocycles. The number of nitrogens with two attached hydrogens (primary N) is 4. The second-order valence-electron chi connectivity index (χ2n) is 4.93. The van der Waals surface area contributed by atoms with Crippen molar-refractivity contribution >= 4 is 30.1 Å². The molecule has 0 heterocycles. The third-order valence-corrected chi connectivity index (χ3v) is 5.95. The lowest BCUT2D eigenvalue weighted by atomic mass is 10.2. The lowest BCUT2D eigenvalue weighted by molar-refractivity contribution is 0.584. The molecule has 2 rings (SSSR count). The van der Waals surface area contributed by atoms with E-state index in [2.05, 4.69) is 0 Å². The summed E-state index contributed by atoms with van der Waals surface area (Å²) < 4.78 is 65.4. The van der Waals surface area contributed by atoms with Gasteiger partial charge in [-0.3, -0.25) is 0 Å². The van der Waals surface area contributed by atoms with Crippen LogP contribution < -0.4 is 21.2 Å². The maximum Gasteiger partial charge on any atom is 0.239 e. The van der Waals surface area contributed by atoms with Crippen molar-refractivity contribution in [2.24, 2.45) is 21.2 Å². The normalized spacial score (nSPS) is 12.2. The van der Waals surface area contributed by atoms with E-state index in [-0.39, 0.29) is 4.90 Å². The highest BCUT2D eigenvalue weighted by Gasteiger charge is 2.20. The largest absolute Gasteiger partial charge is 0.326 e. The first-order valence-electron chi connectivity index (χ1n) is 6.73. The molecule has 0 radical (unpaired) electrons.